The summed E-state index contributed by atoms with van der Waals surface area (Å²) < 4.78 is 18.1. The Labute approximate surface area is 218 Å². The fourth-order valence-electron chi connectivity index (χ4n) is 4.15. The first-order valence-electron chi connectivity index (χ1n) is 12.4. The summed E-state index contributed by atoms with van der Waals surface area (Å²) in [5.41, 5.74) is 6.19. The van der Waals surface area contributed by atoms with Gasteiger partial charge in [-0.1, -0.05) is 35.5 Å². The van der Waals surface area contributed by atoms with E-state index in [4.69, 9.17) is 14.5 Å². The minimum absolute atomic E-state index is 0.605. The van der Waals surface area contributed by atoms with E-state index in [1.807, 2.05) is 64.2 Å². The summed E-state index contributed by atoms with van der Waals surface area (Å²) in [6.07, 6.45) is 0. The van der Waals surface area contributed by atoms with E-state index in [0.29, 0.717) is 17.4 Å². The highest BCUT2D eigenvalue weighted by Gasteiger charge is 2.21. The molecule has 4 aromatic rings. The van der Waals surface area contributed by atoms with Crippen LogP contribution in [-0.4, -0.2) is 48.6 Å². The van der Waals surface area contributed by atoms with Gasteiger partial charge in [-0.25, -0.2) is 9.97 Å². The summed E-state index contributed by atoms with van der Waals surface area (Å²) in [7, 11) is -0.461. The second-order valence-corrected chi connectivity index (χ2v) is 12.8. The molecule has 0 aliphatic heterocycles. The van der Waals surface area contributed by atoms with Crippen LogP contribution in [0.2, 0.25) is 0 Å². The lowest BCUT2D eigenvalue weighted by Crippen LogP contribution is -2.24. The third-order valence-electron chi connectivity index (χ3n) is 6.21. The molecule has 0 atom stereocenters. The first-order chi connectivity index (χ1) is 17.7. The predicted octanol–water partition coefficient (Wildman–Crippen LogP) is 5.02. The predicted molar refractivity (Wildman–Crippen MR) is 152 cm³/mol. The number of benzene rings is 2. The van der Waals surface area contributed by atoms with Crippen molar-refractivity contribution in [3.05, 3.63) is 71.1 Å². The zero-order chi connectivity index (χ0) is 26.6. The number of hydrogen-bond donors (Lipinski definition) is 3. The number of anilines is 2. The normalized spacial score (nSPS) is 11.6. The molecule has 2 heterocycles. The van der Waals surface area contributed by atoms with Crippen LogP contribution in [0.4, 0.5) is 11.5 Å². The molecule has 0 aliphatic carbocycles. The van der Waals surface area contributed by atoms with Gasteiger partial charge < -0.3 is 25.0 Å². The van der Waals surface area contributed by atoms with Crippen molar-refractivity contribution < 1.29 is 9.09 Å². The van der Waals surface area contributed by atoms with Gasteiger partial charge in [0.15, 0.2) is 5.82 Å². The molecule has 0 aliphatic rings. The summed E-state index contributed by atoms with van der Waals surface area (Å²) in [6, 6.07) is 15.9. The molecular formula is C28H35N6O2P. The van der Waals surface area contributed by atoms with Crippen LogP contribution in [0.5, 0.6) is 0 Å². The molecule has 194 valence electrons. The molecule has 0 fully saturated rings. The van der Waals surface area contributed by atoms with E-state index in [9.17, 15) is 4.57 Å². The maximum atomic E-state index is 12.7. The Hall–Kier alpha value is -3.32. The van der Waals surface area contributed by atoms with Crippen LogP contribution in [0.1, 0.15) is 22.6 Å². The fraction of sp³-hybridized carbons (Fsp3) is 0.321. The van der Waals surface area contributed by atoms with Gasteiger partial charge in [0.05, 0.1) is 17.0 Å². The van der Waals surface area contributed by atoms with Crippen LogP contribution >= 0.6 is 7.14 Å². The summed E-state index contributed by atoms with van der Waals surface area (Å²) >= 11 is 0. The molecule has 0 radical (unpaired) electrons. The van der Waals surface area contributed by atoms with E-state index in [2.05, 4.69) is 33.2 Å². The van der Waals surface area contributed by atoms with Crippen LogP contribution < -0.4 is 21.3 Å². The van der Waals surface area contributed by atoms with E-state index in [0.717, 1.165) is 64.3 Å². The molecule has 0 spiro atoms. The van der Waals surface area contributed by atoms with Gasteiger partial charge in [-0.05, 0) is 64.9 Å². The third kappa shape index (κ3) is 6.34. The monoisotopic (exact) mass is 518 g/mol. The first-order valence-corrected chi connectivity index (χ1v) is 15.0. The number of rotatable bonds is 10. The summed E-state index contributed by atoms with van der Waals surface area (Å²) in [6.45, 7) is 11.9. The Bertz CT molecular complexity index is 1420. The Morgan fingerprint density at radius 1 is 0.973 bits per heavy atom. The maximum Gasteiger partial charge on any atom is 0.162 e. The molecule has 8 nitrogen and oxygen atoms in total. The Balaban J connectivity index is 1.79. The zero-order valence-electron chi connectivity index (χ0n) is 22.3. The maximum absolute atomic E-state index is 12.7. The molecule has 2 aromatic carbocycles. The van der Waals surface area contributed by atoms with E-state index < -0.39 is 7.14 Å². The lowest BCUT2D eigenvalue weighted by atomic mass is 10.0. The van der Waals surface area contributed by atoms with E-state index in [1.54, 1.807) is 13.3 Å². The molecule has 0 amide bonds. The average Bonchev–Trinajstić information content (AvgIpc) is 3.20. The highest BCUT2D eigenvalue weighted by Crippen LogP contribution is 2.37. The second-order valence-electron chi connectivity index (χ2n) is 9.58. The van der Waals surface area contributed by atoms with Crippen LogP contribution in [-0.2, 0) is 11.1 Å². The standard InChI is InChI=1S/C28H35N6O2P/c1-18-26(25-19(2)34-36-20(25)3)32-28(22-10-7-9-21(15-22)17-30-14-13-29-4)33-27(18)31-23-11-8-12-24(16-23)37(5,6)35/h7-12,15-16,29-30H,13-14,17H2,1-6H3,(H,31,32,33). The van der Waals surface area contributed by atoms with Crippen molar-refractivity contribution in [3.63, 3.8) is 0 Å². The van der Waals surface area contributed by atoms with Crippen molar-refractivity contribution >= 4 is 24.0 Å². The number of likely N-dealkylation sites (N-methyl/N-ethyl adjacent to an activating group) is 1. The van der Waals surface area contributed by atoms with E-state index in [-0.39, 0.29) is 0 Å². The fourth-order valence-corrected chi connectivity index (χ4v) is 5.05. The highest BCUT2D eigenvalue weighted by molar-refractivity contribution is 7.70. The lowest BCUT2D eigenvalue weighted by Gasteiger charge is -2.16. The molecule has 3 N–H and O–H groups in total. The molecule has 9 heteroatoms. The second kappa shape index (κ2) is 11.4. The molecule has 0 unspecified atom stereocenters. The average molecular weight is 519 g/mol. The Morgan fingerprint density at radius 3 is 2.46 bits per heavy atom. The van der Waals surface area contributed by atoms with Crippen molar-refractivity contribution in [2.24, 2.45) is 0 Å². The number of nitrogens with one attached hydrogen (secondary N) is 3. The van der Waals surface area contributed by atoms with Crippen molar-refractivity contribution in [2.75, 3.05) is 38.8 Å². The zero-order valence-corrected chi connectivity index (χ0v) is 23.2. The highest BCUT2D eigenvalue weighted by atomic mass is 31.2. The summed E-state index contributed by atoms with van der Waals surface area (Å²) in [4.78, 5) is 9.93. The van der Waals surface area contributed by atoms with E-state index >= 15 is 0 Å². The van der Waals surface area contributed by atoms with Gasteiger partial charge >= 0.3 is 0 Å². The van der Waals surface area contributed by atoms with Gasteiger partial charge in [0.2, 0.25) is 0 Å². The van der Waals surface area contributed by atoms with Crippen molar-refractivity contribution in [3.8, 4) is 22.6 Å². The van der Waals surface area contributed by atoms with Gasteiger partial charge in [-0.3, -0.25) is 0 Å². The molecule has 0 saturated heterocycles. The number of nitrogens with zero attached hydrogens (tertiary/aromatic N) is 3. The largest absolute Gasteiger partial charge is 0.361 e. The molecule has 0 saturated carbocycles. The van der Waals surface area contributed by atoms with Crippen LogP contribution in [0, 0.1) is 20.8 Å². The number of aromatic nitrogens is 3. The van der Waals surface area contributed by atoms with Crippen LogP contribution in [0.25, 0.3) is 22.6 Å². The summed E-state index contributed by atoms with van der Waals surface area (Å²) in [5, 5.41) is 15.0. The molecular weight excluding hydrogens is 483 g/mol. The SMILES string of the molecule is CNCCNCc1cccc(-c2nc(Nc3cccc(P(C)(C)=O)c3)c(C)c(-c3c(C)noc3C)n2)c1. The molecule has 4 rings (SSSR count). The van der Waals surface area contributed by atoms with Gasteiger partial charge in [0.25, 0.3) is 0 Å². The van der Waals surface area contributed by atoms with Crippen molar-refractivity contribution in [2.45, 2.75) is 27.3 Å². The minimum atomic E-state index is -2.40. The topological polar surface area (TPSA) is 105 Å². The quantitative estimate of drug-likeness (QED) is 0.198. The Morgan fingerprint density at radius 2 is 1.76 bits per heavy atom. The van der Waals surface area contributed by atoms with E-state index in [1.165, 1.54) is 0 Å². The van der Waals surface area contributed by atoms with Gasteiger partial charge in [0.1, 0.15) is 18.7 Å². The number of aryl methyl sites for hydroxylation is 2. The first kappa shape index (κ1) is 26.7. The lowest BCUT2D eigenvalue weighted by molar-refractivity contribution is 0.393. The molecule has 2 aromatic heterocycles. The summed E-state index contributed by atoms with van der Waals surface area (Å²) in [5.74, 6) is 1.99. The molecule has 37 heavy (non-hydrogen) atoms. The van der Waals surface area contributed by atoms with Crippen LogP contribution in [0.15, 0.2) is 53.1 Å². The van der Waals surface area contributed by atoms with Gasteiger partial charge in [-0.15, -0.1) is 0 Å². The van der Waals surface area contributed by atoms with Gasteiger partial charge in [0, 0.05) is 41.8 Å². The van der Waals surface area contributed by atoms with Crippen LogP contribution in [0.3, 0.4) is 0 Å². The molecule has 0 bridgehead atoms. The smallest absolute Gasteiger partial charge is 0.162 e. The minimum Gasteiger partial charge on any atom is -0.361 e. The van der Waals surface area contributed by atoms with Gasteiger partial charge in [-0.2, -0.15) is 0 Å². The Kier molecular flexibility index (Phi) is 8.22. The van der Waals surface area contributed by atoms with Crippen molar-refractivity contribution in [1.82, 2.24) is 25.8 Å². The number of hydrogen-bond acceptors (Lipinski definition) is 8. The third-order valence-corrected chi connectivity index (χ3v) is 7.73. The van der Waals surface area contributed by atoms with Crippen molar-refractivity contribution in [1.29, 1.82) is 0 Å².